The Morgan fingerprint density at radius 1 is 1.76 bits per heavy atom. The number of ether oxygens (including phenoxy) is 1. The van der Waals surface area contributed by atoms with Crippen LogP contribution in [0.2, 0.25) is 0 Å². The van der Waals surface area contributed by atoms with E-state index in [2.05, 4.69) is 23.3 Å². The monoisotopic (exact) mass is 252 g/mol. The molecule has 0 saturated carbocycles. The number of thiophene rings is 1. The Kier molecular flexibility index (Phi) is 3.84. The lowest BCUT2D eigenvalue weighted by Crippen LogP contribution is -2.43. The minimum Gasteiger partial charge on any atom is -0.397 e. The van der Waals surface area contributed by atoms with E-state index in [1.165, 1.54) is 11.3 Å². The van der Waals surface area contributed by atoms with E-state index < -0.39 is 0 Å². The first-order valence-electron chi connectivity index (χ1n) is 5.52. The fourth-order valence-corrected chi connectivity index (χ4v) is 2.57. The molecule has 0 radical (unpaired) electrons. The number of hydrogen-bond donors (Lipinski definition) is 2. The minimum atomic E-state index is 0.197. The van der Waals surface area contributed by atoms with Gasteiger partial charge in [0.05, 0.1) is 23.4 Å². The standard InChI is InChI=1S/C11H16N4OS/c1-15-2-3-16-8(7-15)6-14-11-4-9(13)10(5-12)17-11/h4,8,14H,2-3,6-7,13H2,1H3. The predicted molar refractivity (Wildman–Crippen MR) is 69.2 cm³/mol. The molecule has 1 atom stereocenters. The first kappa shape index (κ1) is 12.2. The van der Waals surface area contributed by atoms with Gasteiger partial charge in [0.25, 0.3) is 0 Å². The van der Waals surface area contributed by atoms with E-state index in [1.54, 1.807) is 6.07 Å². The van der Waals surface area contributed by atoms with Crippen LogP contribution in [0.1, 0.15) is 4.88 Å². The van der Waals surface area contributed by atoms with Crippen LogP contribution in [0.25, 0.3) is 0 Å². The molecule has 0 amide bonds. The molecule has 92 valence electrons. The lowest BCUT2D eigenvalue weighted by molar-refractivity contribution is -0.0116. The Bertz CT molecular complexity index is 426. The zero-order valence-corrected chi connectivity index (χ0v) is 10.6. The van der Waals surface area contributed by atoms with Crippen molar-refractivity contribution in [1.29, 1.82) is 5.26 Å². The zero-order chi connectivity index (χ0) is 12.3. The number of nitrogens with one attached hydrogen (secondary N) is 1. The molecule has 3 N–H and O–H groups in total. The van der Waals surface area contributed by atoms with Crippen molar-refractivity contribution in [2.45, 2.75) is 6.10 Å². The summed E-state index contributed by atoms with van der Waals surface area (Å²) >= 11 is 1.38. The first-order chi connectivity index (χ1) is 8.19. The number of anilines is 2. The zero-order valence-electron chi connectivity index (χ0n) is 9.77. The van der Waals surface area contributed by atoms with Crippen molar-refractivity contribution in [1.82, 2.24) is 4.90 Å². The third kappa shape index (κ3) is 3.09. The number of nitrogens with zero attached hydrogens (tertiary/aromatic N) is 2. The number of rotatable bonds is 3. The van der Waals surface area contributed by atoms with Gasteiger partial charge in [-0.25, -0.2) is 0 Å². The van der Waals surface area contributed by atoms with E-state index in [1.807, 2.05) is 0 Å². The van der Waals surface area contributed by atoms with Crippen LogP contribution in [0.3, 0.4) is 0 Å². The fraction of sp³-hybridized carbons (Fsp3) is 0.545. The molecular weight excluding hydrogens is 236 g/mol. The topological polar surface area (TPSA) is 74.3 Å². The van der Waals surface area contributed by atoms with Crippen LogP contribution in [-0.4, -0.2) is 44.3 Å². The number of nitrogens with two attached hydrogens (primary N) is 1. The predicted octanol–water partition coefficient (Wildman–Crippen LogP) is 0.944. The second-order valence-electron chi connectivity index (χ2n) is 4.14. The highest BCUT2D eigenvalue weighted by molar-refractivity contribution is 7.17. The Balaban J connectivity index is 1.87. The summed E-state index contributed by atoms with van der Waals surface area (Å²) in [6, 6.07) is 3.88. The van der Waals surface area contributed by atoms with E-state index in [0.29, 0.717) is 10.6 Å². The third-order valence-corrected chi connectivity index (χ3v) is 3.72. The summed E-state index contributed by atoms with van der Waals surface area (Å²) in [5.41, 5.74) is 6.23. The lowest BCUT2D eigenvalue weighted by atomic mass is 10.3. The average molecular weight is 252 g/mol. The number of likely N-dealkylation sites (N-methyl/N-ethyl adjacent to an activating group) is 1. The quantitative estimate of drug-likeness (QED) is 0.837. The van der Waals surface area contributed by atoms with E-state index in [9.17, 15) is 0 Å². The van der Waals surface area contributed by atoms with Gasteiger partial charge in [-0.05, 0) is 13.1 Å². The molecule has 0 spiro atoms. The van der Waals surface area contributed by atoms with Gasteiger partial charge >= 0.3 is 0 Å². The maximum atomic E-state index is 8.80. The molecule has 1 aromatic rings. The molecule has 1 aromatic heterocycles. The van der Waals surface area contributed by atoms with Crippen molar-refractivity contribution >= 4 is 22.0 Å². The summed E-state index contributed by atoms with van der Waals surface area (Å²) in [6.45, 7) is 3.44. The van der Waals surface area contributed by atoms with Crippen molar-refractivity contribution in [3.05, 3.63) is 10.9 Å². The van der Waals surface area contributed by atoms with Gasteiger partial charge in [0.2, 0.25) is 0 Å². The molecule has 0 bridgehead atoms. The Morgan fingerprint density at radius 2 is 2.59 bits per heavy atom. The van der Waals surface area contributed by atoms with Crippen LogP contribution >= 0.6 is 11.3 Å². The molecule has 1 aliphatic heterocycles. The van der Waals surface area contributed by atoms with Gasteiger partial charge in [-0.2, -0.15) is 5.26 Å². The van der Waals surface area contributed by atoms with Crippen molar-refractivity contribution in [2.24, 2.45) is 0 Å². The maximum absolute atomic E-state index is 8.80. The number of hydrogen-bond acceptors (Lipinski definition) is 6. The summed E-state index contributed by atoms with van der Waals surface area (Å²) in [4.78, 5) is 2.81. The Hall–Kier alpha value is -1.29. The van der Waals surface area contributed by atoms with Gasteiger partial charge in [-0.3, -0.25) is 0 Å². The number of morpholine rings is 1. The normalized spacial score (nSPS) is 21.1. The first-order valence-corrected chi connectivity index (χ1v) is 6.34. The molecule has 1 saturated heterocycles. The van der Waals surface area contributed by atoms with Gasteiger partial charge in [-0.15, -0.1) is 11.3 Å². The molecule has 5 nitrogen and oxygen atoms in total. The van der Waals surface area contributed by atoms with Crippen LogP contribution < -0.4 is 11.1 Å². The number of nitrogen functional groups attached to an aromatic ring is 1. The maximum Gasteiger partial charge on any atom is 0.129 e. The largest absolute Gasteiger partial charge is 0.397 e. The van der Waals surface area contributed by atoms with Gasteiger partial charge in [-0.1, -0.05) is 0 Å². The van der Waals surface area contributed by atoms with E-state index >= 15 is 0 Å². The van der Waals surface area contributed by atoms with Crippen LogP contribution in [0, 0.1) is 11.3 Å². The molecule has 0 aromatic carbocycles. The summed E-state index contributed by atoms with van der Waals surface area (Å²) in [6.07, 6.45) is 0.197. The fourth-order valence-electron chi connectivity index (χ4n) is 1.78. The molecule has 1 unspecified atom stereocenters. The van der Waals surface area contributed by atoms with Gasteiger partial charge in [0, 0.05) is 19.6 Å². The van der Waals surface area contributed by atoms with Crippen molar-refractivity contribution in [3.8, 4) is 6.07 Å². The molecule has 2 heterocycles. The molecule has 0 aliphatic carbocycles. The highest BCUT2D eigenvalue weighted by atomic mass is 32.1. The molecular formula is C11H16N4OS. The molecule has 6 heteroatoms. The van der Waals surface area contributed by atoms with Crippen LogP contribution in [0.4, 0.5) is 10.7 Å². The second-order valence-corrected chi connectivity index (χ2v) is 5.20. The van der Waals surface area contributed by atoms with Gasteiger partial charge < -0.3 is 20.7 Å². The van der Waals surface area contributed by atoms with Crippen molar-refractivity contribution in [2.75, 3.05) is 44.3 Å². The highest BCUT2D eigenvalue weighted by Gasteiger charge is 2.17. The molecule has 1 aliphatic rings. The van der Waals surface area contributed by atoms with Crippen LogP contribution in [-0.2, 0) is 4.74 Å². The summed E-state index contributed by atoms with van der Waals surface area (Å²) < 4.78 is 5.64. The van der Waals surface area contributed by atoms with Gasteiger partial charge in [0.15, 0.2) is 0 Å². The summed E-state index contributed by atoms with van der Waals surface area (Å²) in [5, 5.41) is 13.0. The lowest BCUT2D eigenvalue weighted by Gasteiger charge is -2.30. The van der Waals surface area contributed by atoms with Crippen LogP contribution in [0.5, 0.6) is 0 Å². The molecule has 17 heavy (non-hydrogen) atoms. The molecule has 1 fully saturated rings. The number of nitriles is 1. The van der Waals surface area contributed by atoms with E-state index in [-0.39, 0.29) is 6.10 Å². The third-order valence-electron chi connectivity index (χ3n) is 2.71. The van der Waals surface area contributed by atoms with E-state index in [0.717, 1.165) is 31.2 Å². The van der Waals surface area contributed by atoms with Crippen molar-refractivity contribution in [3.63, 3.8) is 0 Å². The SMILES string of the molecule is CN1CCOC(CNc2cc(N)c(C#N)s2)C1. The summed E-state index contributed by atoms with van der Waals surface area (Å²) in [5.74, 6) is 0. The Labute approximate surface area is 105 Å². The van der Waals surface area contributed by atoms with Crippen LogP contribution in [0.15, 0.2) is 6.07 Å². The smallest absolute Gasteiger partial charge is 0.129 e. The minimum absolute atomic E-state index is 0.197. The Morgan fingerprint density at radius 3 is 3.24 bits per heavy atom. The van der Waals surface area contributed by atoms with Gasteiger partial charge in [0.1, 0.15) is 10.9 Å². The summed E-state index contributed by atoms with van der Waals surface area (Å²) in [7, 11) is 2.09. The van der Waals surface area contributed by atoms with E-state index in [4.69, 9.17) is 15.7 Å². The average Bonchev–Trinajstić information content (AvgIpc) is 2.67. The highest BCUT2D eigenvalue weighted by Crippen LogP contribution is 2.28. The molecule has 2 rings (SSSR count). The van der Waals surface area contributed by atoms with Crippen molar-refractivity contribution < 1.29 is 4.74 Å². The second kappa shape index (κ2) is 5.36.